The summed E-state index contributed by atoms with van der Waals surface area (Å²) in [5.41, 5.74) is 6.91. The Bertz CT molecular complexity index is 745. The predicted molar refractivity (Wildman–Crippen MR) is 65.9 cm³/mol. The second-order valence-corrected chi connectivity index (χ2v) is 3.78. The average molecular weight is 242 g/mol. The van der Waals surface area contributed by atoms with Gasteiger partial charge in [-0.3, -0.25) is 14.3 Å². The number of hydrogen-bond acceptors (Lipinski definition) is 5. The highest BCUT2D eigenvalue weighted by molar-refractivity contribution is 5.69. The summed E-state index contributed by atoms with van der Waals surface area (Å²) in [6.45, 7) is 0.279. The number of aromatic nitrogens is 5. The molecule has 0 aliphatic rings. The summed E-state index contributed by atoms with van der Waals surface area (Å²) in [5, 5.41) is 0. The highest BCUT2D eigenvalue weighted by Gasteiger charge is 2.11. The number of pyridine rings is 1. The molecular formula is C11H10N6O. The van der Waals surface area contributed by atoms with Gasteiger partial charge in [-0.25, -0.2) is 4.98 Å². The molecule has 3 heterocycles. The van der Waals surface area contributed by atoms with Crippen LogP contribution in [0.3, 0.4) is 0 Å². The van der Waals surface area contributed by atoms with E-state index in [9.17, 15) is 4.79 Å². The first-order valence-corrected chi connectivity index (χ1v) is 5.35. The summed E-state index contributed by atoms with van der Waals surface area (Å²) < 4.78 is 1.35. The van der Waals surface area contributed by atoms with Crippen LogP contribution < -0.4 is 11.3 Å². The van der Waals surface area contributed by atoms with Gasteiger partial charge in [0.1, 0.15) is 0 Å². The lowest BCUT2D eigenvalue weighted by Crippen LogP contribution is -2.25. The lowest BCUT2D eigenvalue weighted by molar-refractivity contribution is 0.742. The van der Waals surface area contributed by atoms with E-state index in [4.69, 9.17) is 5.73 Å². The van der Waals surface area contributed by atoms with E-state index in [0.717, 1.165) is 5.69 Å². The van der Waals surface area contributed by atoms with Gasteiger partial charge in [-0.1, -0.05) is 6.07 Å². The topological polar surface area (TPSA) is 102 Å². The molecule has 3 rings (SSSR count). The van der Waals surface area contributed by atoms with Crippen LogP contribution in [0.5, 0.6) is 0 Å². The molecule has 0 saturated heterocycles. The molecule has 0 aliphatic heterocycles. The molecule has 0 atom stereocenters. The molecule has 3 aromatic heterocycles. The Balaban J connectivity index is 2.14. The minimum atomic E-state index is -0.274. The molecule has 3 N–H and O–H groups in total. The number of H-pyrrole nitrogens is 1. The van der Waals surface area contributed by atoms with Crippen LogP contribution in [0.2, 0.25) is 0 Å². The quantitative estimate of drug-likeness (QED) is 0.665. The van der Waals surface area contributed by atoms with Crippen molar-refractivity contribution in [3.63, 3.8) is 0 Å². The van der Waals surface area contributed by atoms with Crippen LogP contribution in [0.1, 0.15) is 5.69 Å². The molecule has 3 aromatic rings. The Labute approximate surface area is 101 Å². The summed E-state index contributed by atoms with van der Waals surface area (Å²) >= 11 is 0. The number of nitrogens with one attached hydrogen (secondary N) is 1. The van der Waals surface area contributed by atoms with Gasteiger partial charge in [-0.2, -0.15) is 4.98 Å². The highest BCUT2D eigenvalue weighted by Crippen LogP contribution is 2.06. The van der Waals surface area contributed by atoms with E-state index >= 15 is 0 Å². The van der Waals surface area contributed by atoms with Crippen molar-refractivity contribution in [1.82, 2.24) is 24.5 Å². The zero-order valence-electron chi connectivity index (χ0n) is 9.37. The normalized spacial score (nSPS) is 10.9. The molecule has 0 fully saturated rings. The third-order valence-electron chi connectivity index (χ3n) is 2.62. The van der Waals surface area contributed by atoms with Gasteiger partial charge >= 0.3 is 0 Å². The second kappa shape index (κ2) is 3.95. The van der Waals surface area contributed by atoms with Gasteiger partial charge in [0.25, 0.3) is 5.56 Å². The van der Waals surface area contributed by atoms with E-state index in [2.05, 4.69) is 19.9 Å². The van der Waals surface area contributed by atoms with Gasteiger partial charge in [0, 0.05) is 6.20 Å². The first kappa shape index (κ1) is 10.5. The maximum atomic E-state index is 12.1. The van der Waals surface area contributed by atoms with E-state index < -0.39 is 0 Å². The number of imidazole rings is 1. The minimum Gasteiger partial charge on any atom is -0.369 e. The third-order valence-corrected chi connectivity index (χ3v) is 2.62. The van der Waals surface area contributed by atoms with Crippen molar-refractivity contribution in [2.24, 2.45) is 0 Å². The van der Waals surface area contributed by atoms with Crippen molar-refractivity contribution in [3.8, 4) is 0 Å². The Morgan fingerprint density at radius 2 is 2.22 bits per heavy atom. The van der Waals surface area contributed by atoms with Crippen LogP contribution in [-0.4, -0.2) is 24.5 Å². The summed E-state index contributed by atoms with van der Waals surface area (Å²) in [6, 6.07) is 5.48. The van der Waals surface area contributed by atoms with Gasteiger partial charge in [-0.05, 0) is 12.1 Å². The van der Waals surface area contributed by atoms with E-state index in [-0.39, 0.29) is 23.6 Å². The number of aromatic amines is 1. The maximum Gasteiger partial charge on any atom is 0.283 e. The van der Waals surface area contributed by atoms with Crippen molar-refractivity contribution in [1.29, 1.82) is 0 Å². The van der Waals surface area contributed by atoms with Crippen molar-refractivity contribution in [2.75, 3.05) is 5.73 Å². The van der Waals surface area contributed by atoms with Crippen LogP contribution >= 0.6 is 0 Å². The number of nitrogens with zero attached hydrogens (tertiary/aromatic N) is 4. The molecule has 0 aliphatic carbocycles. The zero-order valence-corrected chi connectivity index (χ0v) is 9.37. The molecule has 0 unspecified atom stereocenters. The summed E-state index contributed by atoms with van der Waals surface area (Å²) in [4.78, 5) is 27.1. The Kier molecular flexibility index (Phi) is 2.30. The summed E-state index contributed by atoms with van der Waals surface area (Å²) in [7, 11) is 0. The molecule has 0 bridgehead atoms. The predicted octanol–water partition coefficient (Wildman–Crippen LogP) is 0.145. The summed E-state index contributed by atoms with van der Waals surface area (Å²) in [5.74, 6) is 0.141. The average Bonchev–Trinajstić information content (AvgIpc) is 2.84. The van der Waals surface area contributed by atoms with E-state index in [1.807, 2.05) is 18.2 Å². The number of fused-ring (bicyclic) bond motifs is 1. The molecule has 0 amide bonds. The van der Waals surface area contributed by atoms with Gasteiger partial charge in [-0.15, -0.1) is 0 Å². The molecule has 0 radical (unpaired) electrons. The van der Waals surface area contributed by atoms with Crippen molar-refractivity contribution in [3.05, 3.63) is 46.8 Å². The molecule has 7 nitrogen and oxygen atoms in total. The van der Waals surface area contributed by atoms with Gasteiger partial charge < -0.3 is 10.7 Å². The molecule has 90 valence electrons. The van der Waals surface area contributed by atoms with Crippen molar-refractivity contribution in [2.45, 2.75) is 6.54 Å². The molecule has 18 heavy (non-hydrogen) atoms. The lowest BCUT2D eigenvalue weighted by atomic mass is 10.3. The fourth-order valence-corrected chi connectivity index (χ4v) is 1.74. The van der Waals surface area contributed by atoms with Gasteiger partial charge in [0.15, 0.2) is 11.2 Å². The van der Waals surface area contributed by atoms with E-state index in [1.54, 1.807) is 6.20 Å². The van der Waals surface area contributed by atoms with Crippen molar-refractivity contribution < 1.29 is 0 Å². The fraction of sp³-hybridized carbons (Fsp3) is 0.0909. The SMILES string of the molecule is Nc1nc2[nH]cnc2c(=O)n1Cc1ccccn1. The number of nitrogens with two attached hydrogens (primary N) is 1. The Morgan fingerprint density at radius 1 is 1.33 bits per heavy atom. The van der Waals surface area contributed by atoms with Crippen LogP contribution in [0, 0.1) is 0 Å². The number of nitrogen functional groups attached to an aromatic ring is 1. The van der Waals surface area contributed by atoms with Crippen LogP contribution in [-0.2, 0) is 6.54 Å². The molecule has 0 aromatic carbocycles. The number of rotatable bonds is 2. The van der Waals surface area contributed by atoms with Gasteiger partial charge in [0.05, 0.1) is 18.6 Å². The molecule has 0 saturated carbocycles. The second-order valence-electron chi connectivity index (χ2n) is 3.78. The number of hydrogen-bond donors (Lipinski definition) is 2. The largest absolute Gasteiger partial charge is 0.369 e. The molecule has 0 spiro atoms. The van der Waals surface area contributed by atoms with Crippen LogP contribution in [0.25, 0.3) is 11.2 Å². The highest BCUT2D eigenvalue weighted by atomic mass is 16.1. The van der Waals surface area contributed by atoms with Gasteiger partial charge in [0.2, 0.25) is 5.95 Å². The van der Waals surface area contributed by atoms with Crippen molar-refractivity contribution >= 4 is 17.1 Å². The Morgan fingerprint density at radius 3 is 3.00 bits per heavy atom. The van der Waals surface area contributed by atoms with Crippen LogP contribution in [0.4, 0.5) is 5.95 Å². The maximum absolute atomic E-state index is 12.1. The summed E-state index contributed by atoms with van der Waals surface area (Å²) in [6.07, 6.45) is 3.08. The zero-order chi connectivity index (χ0) is 12.5. The molecular weight excluding hydrogens is 232 g/mol. The Hall–Kier alpha value is -2.70. The number of anilines is 1. The minimum absolute atomic E-state index is 0.141. The smallest absolute Gasteiger partial charge is 0.283 e. The van der Waals surface area contributed by atoms with E-state index in [1.165, 1.54) is 10.9 Å². The first-order valence-electron chi connectivity index (χ1n) is 5.35. The van der Waals surface area contributed by atoms with E-state index in [0.29, 0.717) is 5.65 Å². The molecule has 7 heteroatoms. The lowest BCUT2D eigenvalue weighted by Gasteiger charge is -2.07. The first-order chi connectivity index (χ1) is 8.75. The standard InChI is InChI=1S/C11H10N6O/c12-11-16-9-8(14-6-15-9)10(18)17(11)5-7-3-1-2-4-13-7/h1-4,6H,5H2,(H2,12,16)(H,14,15). The fourth-order valence-electron chi connectivity index (χ4n) is 1.74. The van der Waals surface area contributed by atoms with Crippen LogP contribution in [0.15, 0.2) is 35.5 Å². The third kappa shape index (κ3) is 1.61. The monoisotopic (exact) mass is 242 g/mol.